The lowest BCUT2D eigenvalue weighted by molar-refractivity contribution is -0.0498. The standard InChI is InChI=1S/C17H15ClF2N4OS/c1-10(13-4-2-3-5-14(13)18)26-17-23-22-15(24(17)21)11-6-8-12(9-7-11)25-16(19)20/h2-10,16H,21H2,1H3/t10-/m0/s1. The van der Waals surface area contributed by atoms with Gasteiger partial charge in [-0.1, -0.05) is 41.6 Å². The molecule has 0 fully saturated rings. The van der Waals surface area contributed by atoms with Gasteiger partial charge in [-0.2, -0.15) is 8.78 Å². The van der Waals surface area contributed by atoms with E-state index < -0.39 is 6.61 Å². The van der Waals surface area contributed by atoms with Crippen LogP contribution in [0.5, 0.6) is 5.75 Å². The number of alkyl halides is 2. The summed E-state index contributed by atoms with van der Waals surface area (Å²) in [6.45, 7) is -0.871. The van der Waals surface area contributed by atoms with Crippen molar-refractivity contribution in [3.63, 3.8) is 0 Å². The Bertz CT molecular complexity index is 889. The van der Waals surface area contributed by atoms with E-state index in [4.69, 9.17) is 17.4 Å². The molecule has 0 radical (unpaired) electrons. The van der Waals surface area contributed by atoms with E-state index >= 15 is 0 Å². The molecule has 0 saturated heterocycles. The number of nitrogens with two attached hydrogens (primary N) is 1. The van der Waals surface area contributed by atoms with Gasteiger partial charge in [-0.05, 0) is 42.8 Å². The highest BCUT2D eigenvalue weighted by Crippen LogP contribution is 2.37. The lowest BCUT2D eigenvalue weighted by atomic mass is 10.2. The van der Waals surface area contributed by atoms with E-state index in [1.807, 2.05) is 31.2 Å². The highest BCUT2D eigenvalue weighted by molar-refractivity contribution is 7.99. The minimum absolute atomic E-state index is 0.0184. The van der Waals surface area contributed by atoms with Crippen molar-refractivity contribution in [1.82, 2.24) is 14.9 Å². The normalized spacial score (nSPS) is 12.3. The molecule has 0 bridgehead atoms. The van der Waals surface area contributed by atoms with E-state index in [1.54, 1.807) is 12.1 Å². The van der Waals surface area contributed by atoms with Crippen LogP contribution < -0.4 is 10.6 Å². The van der Waals surface area contributed by atoms with Gasteiger partial charge >= 0.3 is 6.61 Å². The zero-order chi connectivity index (χ0) is 18.7. The van der Waals surface area contributed by atoms with Crippen LogP contribution in [-0.2, 0) is 0 Å². The second-order valence-corrected chi connectivity index (χ2v) is 7.08. The second kappa shape index (κ2) is 7.92. The predicted octanol–water partition coefficient (Wildman–Crippen LogP) is 4.77. The maximum Gasteiger partial charge on any atom is 0.387 e. The number of hydrogen-bond donors (Lipinski definition) is 1. The molecule has 9 heteroatoms. The molecule has 1 atom stereocenters. The number of nitrogen functional groups attached to an aromatic ring is 1. The number of rotatable bonds is 6. The van der Waals surface area contributed by atoms with Gasteiger partial charge in [0, 0.05) is 15.8 Å². The number of benzene rings is 2. The summed E-state index contributed by atoms with van der Waals surface area (Å²) in [4.78, 5) is 0. The van der Waals surface area contributed by atoms with Gasteiger partial charge < -0.3 is 10.6 Å². The van der Waals surface area contributed by atoms with Crippen LogP contribution in [0.2, 0.25) is 5.02 Å². The summed E-state index contributed by atoms with van der Waals surface area (Å²) in [6, 6.07) is 13.6. The summed E-state index contributed by atoms with van der Waals surface area (Å²) in [5.74, 6) is 6.59. The average Bonchev–Trinajstić information content (AvgIpc) is 2.96. The second-order valence-electron chi connectivity index (χ2n) is 5.36. The SMILES string of the molecule is C[C@H](Sc1nnc(-c2ccc(OC(F)F)cc2)n1N)c1ccccc1Cl. The predicted molar refractivity (Wildman–Crippen MR) is 98.0 cm³/mol. The molecular weight excluding hydrogens is 382 g/mol. The quantitative estimate of drug-likeness (QED) is 0.480. The van der Waals surface area contributed by atoms with Gasteiger partial charge in [-0.15, -0.1) is 10.2 Å². The summed E-state index contributed by atoms with van der Waals surface area (Å²) < 4.78 is 30.1. The third-order valence-electron chi connectivity index (χ3n) is 3.63. The number of nitrogens with zero attached hydrogens (tertiary/aromatic N) is 3. The minimum Gasteiger partial charge on any atom is -0.435 e. The van der Waals surface area contributed by atoms with E-state index in [9.17, 15) is 8.78 Å². The molecule has 3 rings (SSSR count). The smallest absolute Gasteiger partial charge is 0.387 e. The third-order valence-corrected chi connectivity index (χ3v) is 5.07. The van der Waals surface area contributed by atoms with E-state index in [1.165, 1.54) is 28.6 Å². The van der Waals surface area contributed by atoms with Crippen molar-refractivity contribution in [2.24, 2.45) is 0 Å². The van der Waals surface area contributed by atoms with Crippen LogP contribution in [0.3, 0.4) is 0 Å². The highest BCUT2D eigenvalue weighted by Gasteiger charge is 2.18. The van der Waals surface area contributed by atoms with E-state index in [0.29, 0.717) is 21.6 Å². The number of ether oxygens (including phenoxy) is 1. The number of aromatic nitrogens is 3. The molecule has 0 spiro atoms. The molecule has 1 aromatic heterocycles. The van der Waals surface area contributed by atoms with Crippen LogP contribution in [0.25, 0.3) is 11.4 Å². The van der Waals surface area contributed by atoms with E-state index in [0.717, 1.165) is 5.56 Å². The molecule has 2 aromatic carbocycles. The molecule has 0 aliphatic heterocycles. The molecule has 1 heterocycles. The van der Waals surface area contributed by atoms with Crippen LogP contribution in [0.1, 0.15) is 17.7 Å². The van der Waals surface area contributed by atoms with Gasteiger partial charge in [-0.3, -0.25) is 0 Å². The highest BCUT2D eigenvalue weighted by atomic mass is 35.5. The minimum atomic E-state index is -2.87. The van der Waals surface area contributed by atoms with Crippen molar-refractivity contribution in [3.05, 3.63) is 59.1 Å². The maximum absolute atomic E-state index is 12.2. The summed E-state index contributed by atoms with van der Waals surface area (Å²) in [5.41, 5.74) is 1.61. The molecule has 5 nitrogen and oxygen atoms in total. The van der Waals surface area contributed by atoms with Crippen molar-refractivity contribution in [1.29, 1.82) is 0 Å². The van der Waals surface area contributed by atoms with Crippen LogP contribution in [-0.4, -0.2) is 21.5 Å². The van der Waals surface area contributed by atoms with Gasteiger partial charge in [0.15, 0.2) is 5.82 Å². The van der Waals surface area contributed by atoms with Crippen molar-refractivity contribution in [3.8, 4) is 17.1 Å². The van der Waals surface area contributed by atoms with Gasteiger partial charge in [0.1, 0.15) is 5.75 Å². The first-order valence-electron chi connectivity index (χ1n) is 7.62. The lowest BCUT2D eigenvalue weighted by Crippen LogP contribution is -2.12. The van der Waals surface area contributed by atoms with Gasteiger partial charge in [0.2, 0.25) is 5.16 Å². The summed E-state index contributed by atoms with van der Waals surface area (Å²) >= 11 is 7.64. The van der Waals surface area contributed by atoms with E-state index in [2.05, 4.69) is 14.9 Å². The van der Waals surface area contributed by atoms with Crippen molar-refractivity contribution < 1.29 is 13.5 Å². The fourth-order valence-corrected chi connectivity index (χ4v) is 3.67. The monoisotopic (exact) mass is 396 g/mol. The van der Waals surface area contributed by atoms with Crippen molar-refractivity contribution in [2.45, 2.75) is 23.9 Å². The molecule has 0 saturated carbocycles. The van der Waals surface area contributed by atoms with Crippen LogP contribution in [0.15, 0.2) is 53.7 Å². The molecule has 0 aliphatic rings. The number of hydrogen-bond acceptors (Lipinski definition) is 5. The van der Waals surface area contributed by atoms with Crippen LogP contribution >= 0.6 is 23.4 Å². The summed E-state index contributed by atoms with van der Waals surface area (Å²) in [7, 11) is 0. The Morgan fingerprint density at radius 1 is 1.12 bits per heavy atom. The lowest BCUT2D eigenvalue weighted by Gasteiger charge is -2.12. The maximum atomic E-state index is 12.2. The zero-order valence-electron chi connectivity index (χ0n) is 13.6. The molecule has 0 aliphatic carbocycles. The first kappa shape index (κ1) is 18.5. The number of halogens is 3. The average molecular weight is 397 g/mol. The molecule has 0 amide bonds. The fourth-order valence-electron chi connectivity index (χ4n) is 2.37. The Kier molecular flexibility index (Phi) is 5.63. The Hall–Kier alpha value is -2.32. The Balaban J connectivity index is 1.78. The first-order valence-corrected chi connectivity index (χ1v) is 8.88. The number of thioether (sulfide) groups is 1. The van der Waals surface area contributed by atoms with Gasteiger partial charge in [0.25, 0.3) is 0 Å². The van der Waals surface area contributed by atoms with Crippen LogP contribution in [0, 0.1) is 0 Å². The molecule has 26 heavy (non-hydrogen) atoms. The van der Waals surface area contributed by atoms with Crippen molar-refractivity contribution in [2.75, 3.05) is 5.84 Å². The largest absolute Gasteiger partial charge is 0.435 e. The Labute approximate surface area is 158 Å². The molecule has 0 unspecified atom stereocenters. The van der Waals surface area contributed by atoms with Gasteiger partial charge in [0.05, 0.1) is 0 Å². The zero-order valence-corrected chi connectivity index (χ0v) is 15.2. The first-order chi connectivity index (χ1) is 12.5. The van der Waals surface area contributed by atoms with Crippen molar-refractivity contribution >= 4 is 23.4 Å². The van der Waals surface area contributed by atoms with Crippen LogP contribution in [0.4, 0.5) is 8.78 Å². The molecular formula is C17H15ClF2N4OS. The molecule has 2 N–H and O–H groups in total. The topological polar surface area (TPSA) is 66.0 Å². The Morgan fingerprint density at radius 2 is 1.81 bits per heavy atom. The fraction of sp³-hybridized carbons (Fsp3) is 0.176. The molecule has 136 valence electrons. The summed E-state index contributed by atoms with van der Waals surface area (Å²) in [5, 5.41) is 9.41. The van der Waals surface area contributed by atoms with Gasteiger partial charge in [-0.25, -0.2) is 4.68 Å². The summed E-state index contributed by atoms with van der Waals surface area (Å²) in [6.07, 6.45) is 0. The van der Waals surface area contributed by atoms with E-state index in [-0.39, 0.29) is 11.0 Å². The molecule has 3 aromatic rings. The third kappa shape index (κ3) is 4.08. The Morgan fingerprint density at radius 3 is 2.46 bits per heavy atom.